The van der Waals surface area contributed by atoms with Gasteiger partial charge in [0.2, 0.25) is 0 Å². The van der Waals surface area contributed by atoms with E-state index in [1.807, 2.05) is 18.2 Å². The zero-order valence-corrected chi connectivity index (χ0v) is 10.5. The second-order valence-electron chi connectivity index (χ2n) is 5.13. The number of nitrogens with zero attached hydrogens (tertiary/aromatic N) is 1. The molecule has 1 aliphatic rings. The summed E-state index contributed by atoms with van der Waals surface area (Å²) in [6.45, 7) is 6.03. The standard InChI is InChI=1S/C14H22N2O/c1-11-6-7-16(10-13(11)8-15)9-12-4-2-3-5-14(12)17/h2-5,11,13,17H,6-10,15H2,1H3. The molecule has 2 rings (SSSR count). The van der Waals surface area contributed by atoms with Gasteiger partial charge in [0.15, 0.2) is 0 Å². The van der Waals surface area contributed by atoms with E-state index in [0.29, 0.717) is 11.7 Å². The Hall–Kier alpha value is -1.06. The zero-order chi connectivity index (χ0) is 12.3. The monoisotopic (exact) mass is 234 g/mol. The number of nitrogens with two attached hydrogens (primary N) is 1. The lowest BCUT2D eigenvalue weighted by molar-refractivity contribution is 0.125. The summed E-state index contributed by atoms with van der Waals surface area (Å²) in [7, 11) is 0. The zero-order valence-electron chi connectivity index (χ0n) is 10.5. The maximum absolute atomic E-state index is 9.76. The SMILES string of the molecule is CC1CCN(Cc2ccccc2O)CC1CN. The molecule has 0 bridgehead atoms. The average molecular weight is 234 g/mol. The summed E-state index contributed by atoms with van der Waals surface area (Å²) in [5.74, 6) is 1.71. The maximum atomic E-state index is 9.76. The van der Waals surface area contributed by atoms with Gasteiger partial charge < -0.3 is 10.8 Å². The number of hydrogen-bond donors (Lipinski definition) is 2. The van der Waals surface area contributed by atoms with Gasteiger partial charge >= 0.3 is 0 Å². The molecule has 0 saturated carbocycles. The Morgan fingerprint density at radius 2 is 2.18 bits per heavy atom. The number of piperidine rings is 1. The Morgan fingerprint density at radius 3 is 2.88 bits per heavy atom. The van der Waals surface area contributed by atoms with Crippen LogP contribution in [0.3, 0.4) is 0 Å². The van der Waals surface area contributed by atoms with E-state index in [-0.39, 0.29) is 0 Å². The highest BCUT2D eigenvalue weighted by Gasteiger charge is 2.25. The minimum absolute atomic E-state index is 0.399. The van der Waals surface area contributed by atoms with Crippen molar-refractivity contribution in [2.45, 2.75) is 19.9 Å². The summed E-state index contributed by atoms with van der Waals surface area (Å²) in [5, 5.41) is 9.76. The highest BCUT2D eigenvalue weighted by Crippen LogP contribution is 2.25. The van der Waals surface area contributed by atoms with Crippen LogP contribution in [0.25, 0.3) is 0 Å². The first-order valence-electron chi connectivity index (χ1n) is 6.40. The normalized spacial score (nSPS) is 26.0. The second-order valence-corrected chi connectivity index (χ2v) is 5.13. The van der Waals surface area contributed by atoms with Crippen molar-refractivity contribution in [3.8, 4) is 5.75 Å². The van der Waals surface area contributed by atoms with Crippen LogP contribution in [0.2, 0.25) is 0 Å². The van der Waals surface area contributed by atoms with Crippen molar-refractivity contribution < 1.29 is 5.11 Å². The van der Waals surface area contributed by atoms with Crippen LogP contribution in [0.4, 0.5) is 0 Å². The minimum atomic E-state index is 0.399. The third kappa shape index (κ3) is 2.99. The second kappa shape index (κ2) is 5.52. The first kappa shape index (κ1) is 12.4. The molecule has 2 unspecified atom stereocenters. The molecular formula is C14H22N2O. The molecule has 0 aromatic heterocycles. The highest BCUT2D eigenvalue weighted by molar-refractivity contribution is 5.31. The third-order valence-electron chi connectivity index (χ3n) is 3.89. The number of aromatic hydroxyl groups is 1. The summed E-state index contributed by atoms with van der Waals surface area (Å²) in [6.07, 6.45) is 1.20. The number of phenolic OH excluding ortho intramolecular Hbond substituents is 1. The summed E-state index contributed by atoms with van der Waals surface area (Å²) in [6, 6.07) is 7.58. The number of para-hydroxylation sites is 1. The van der Waals surface area contributed by atoms with E-state index in [1.165, 1.54) is 6.42 Å². The fourth-order valence-corrected chi connectivity index (χ4v) is 2.56. The van der Waals surface area contributed by atoms with Crippen molar-refractivity contribution in [3.63, 3.8) is 0 Å². The molecule has 0 aliphatic carbocycles. The van der Waals surface area contributed by atoms with Crippen LogP contribution in [0, 0.1) is 11.8 Å². The summed E-state index contributed by atoms with van der Waals surface area (Å²) >= 11 is 0. The fourth-order valence-electron chi connectivity index (χ4n) is 2.56. The van der Waals surface area contributed by atoms with Gasteiger partial charge in [0.05, 0.1) is 0 Å². The first-order chi connectivity index (χ1) is 8.20. The molecule has 1 aliphatic heterocycles. The highest BCUT2D eigenvalue weighted by atomic mass is 16.3. The Kier molecular flexibility index (Phi) is 4.02. The van der Waals surface area contributed by atoms with Gasteiger partial charge in [-0.15, -0.1) is 0 Å². The molecule has 3 heteroatoms. The summed E-state index contributed by atoms with van der Waals surface area (Å²) in [5.41, 5.74) is 6.81. The van der Waals surface area contributed by atoms with Gasteiger partial charge in [0.1, 0.15) is 5.75 Å². The van der Waals surface area contributed by atoms with Gasteiger partial charge in [-0.2, -0.15) is 0 Å². The van der Waals surface area contributed by atoms with Gasteiger partial charge in [-0.1, -0.05) is 25.1 Å². The molecule has 1 fully saturated rings. The van der Waals surface area contributed by atoms with Crippen molar-refractivity contribution >= 4 is 0 Å². The lowest BCUT2D eigenvalue weighted by atomic mass is 9.87. The van der Waals surface area contributed by atoms with E-state index in [0.717, 1.165) is 37.7 Å². The Bertz CT molecular complexity index is 367. The molecule has 3 N–H and O–H groups in total. The van der Waals surface area contributed by atoms with Gasteiger partial charge in [0, 0.05) is 18.7 Å². The predicted molar refractivity (Wildman–Crippen MR) is 69.7 cm³/mol. The van der Waals surface area contributed by atoms with Gasteiger partial charge in [-0.25, -0.2) is 0 Å². The number of likely N-dealkylation sites (tertiary alicyclic amines) is 1. The van der Waals surface area contributed by atoms with Gasteiger partial charge in [-0.3, -0.25) is 4.90 Å². The quantitative estimate of drug-likeness (QED) is 0.838. The number of rotatable bonds is 3. The van der Waals surface area contributed by atoms with E-state index >= 15 is 0 Å². The van der Waals surface area contributed by atoms with Crippen LogP contribution in [0.5, 0.6) is 5.75 Å². The lowest BCUT2D eigenvalue weighted by Crippen LogP contribution is -2.42. The van der Waals surface area contributed by atoms with E-state index in [2.05, 4.69) is 11.8 Å². The predicted octanol–water partition coefficient (Wildman–Crippen LogP) is 1.81. The van der Waals surface area contributed by atoms with Crippen LogP contribution in [-0.2, 0) is 6.54 Å². The molecule has 17 heavy (non-hydrogen) atoms. The molecule has 94 valence electrons. The topological polar surface area (TPSA) is 49.5 Å². The van der Waals surface area contributed by atoms with Crippen LogP contribution >= 0.6 is 0 Å². The summed E-state index contributed by atoms with van der Waals surface area (Å²) in [4.78, 5) is 2.40. The number of phenols is 1. The van der Waals surface area contributed by atoms with E-state index < -0.39 is 0 Å². The van der Waals surface area contributed by atoms with E-state index in [9.17, 15) is 5.11 Å². The third-order valence-corrected chi connectivity index (χ3v) is 3.89. The minimum Gasteiger partial charge on any atom is -0.508 e. The van der Waals surface area contributed by atoms with Crippen molar-refractivity contribution in [2.24, 2.45) is 17.6 Å². The summed E-state index contributed by atoms with van der Waals surface area (Å²) < 4.78 is 0. The van der Waals surface area contributed by atoms with Crippen LogP contribution in [-0.4, -0.2) is 29.6 Å². The molecule has 0 amide bonds. The van der Waals surface area contributed by atoms with Crippen LogP contribution in [0.15, 0.2) is 24.3 Å². The van der Waals surface area contributed by atoms with E-state index in [1.54, 1.807) is 6.07 Å². The molecular weight excluding hydrogens is 212 g/mol. The Balaban J connectivity index is 1.98. The van der Waals surface area contributed by atoms with E-state index in [4.69, 9.17) is 5.73 Å². The lowest BCUT2D eigenvalue weighted by Gasteiger charge is -2.36. The molecule has 0 radical (unpaired) electrons. The molecule has 3 nitrogen and oxygen atoms in total. The molecule has 1 aromatic carbocycles. The average Bonchev–Trinajstić information content (AvgIpc) is 2.34. The molecule has 1 aromatic rings. The van der Waals surface area contributed by atoms with Gasteiger partial charge in [-0.05, 0) is 37.4 Å². The van der Waals surface area contributed by atoms with Crippen molar-refractivity contribution in [1.29, 1.82) is 0 Å². The van der Waals surface area contributed by atoms with Crippen molar-refractivity contribution in [3.05, 3.63) is 29.8 Å². The van der Waals surface area contributed by atoms with Crippen LogP contribution < -0.4 is 5.73 Å². The molecule has 0 spiro atoms. The van der Waals surface area contributed by atoms with Gasteiger partial charge in [0.25, 0.3) is 0 Å². The maximum Gasteiger partial charge on any atom is 0.120 e. The molecule has 2 atom stereocenters. The Morgan fingerprint density at radius 1 is 1.41 bits per heavy atom. The molecule has 1 heterocycles. The number of benzene rings is 1. The first-order valence-corrected chi connectivity index (χ1v) is 6.40. The fraction of sp³-hybridized carbons (Fsp3) is 0.571. The van der Waals surface area contributed by atoms with Crippen LogP contribution in [0.1, 0.15) is 18.9 Å². The number of hydrogen-bond acceptors (Lipinski definition) is 3. The van der Waals surface area contributed by atoms with Crippen molar-refractivity contribution in [1.82, 2.24) is 4.90 Å². The Labute approximate surface area is 103 Å². The largest absolute Gasteiger partial charge is 0.508 e. The smallest absolute Gasteiger partial charge is 0.120 e. The van der Waals surface area contributed by atoms with Crippen molar-refractivity contribution in [2.75, 3.05) is 19.6 Å². The molecule has 1 saturated heterocycles.